The lowest BCUT2D eigenvalue weighted by Crippen LogP contribution is -1.96. The van der Waals surface area contributed by atoms with E-state index in [0.717, 1.165) is 19.3 Å². The molecule has 0 heterocycles. The highest BCUT2D eigenvalue weighted by Crippen LogP contribution is 2.26. The summed E-state index contributed by atoms with van der Waals surface area (Å²) in [6, 6.07) is 4.73. The first-order chi connectivity index (χ1) is 10.0. The Kier molecular flexibility index (Phi) is 6.77. The first-order valence-corrected chi connectivity index (χ1v) is 6.70. The zero-order valence-corrected chi connectivity index (χ0v) is 11.7. The summed E-state index contributed by atoms with van der Waals surface area (Å²) >= 11 is 0. The van der Waals surface area contributed by atoms with E-state index < -0.39 is 10.9 Å². The first-order valence-electron chi connectivity index (χ1n) is 6.70. The molecule has 1 rings (SSSR count). The molecule has 0 aromatic heterocycles. The maximum atomic E-state index is 11.0. The largest absolute Gasteiger partial charge is 0.481 e. The Morgan fingerprint density at radius 3 is 2.67 bits per heavy atom. The van der Waals surface area contributed by atoms with Crippen LogP contribution in [-0.2, 0) is 11.2 Å². The Bertz CT molecular complexity index is 565. The first kappa shape index (κ1) is 16.5. The summed E-state index contributed by atoms with van der Waals surface area (Å²) in [6.07, 6.45) is 3.85. The van der Waals surface area contributed by atoms with Gasteiger partial charge in [-0.1, -0.05) is 12.8 Å². The van der Waals surface area contributed by atoms with E-state index in [4.69, 9.17) is 5.11 Å². The normalized spacial score (nSPS) is 9.90. The van der Waals surface area contributed by atoms with Crippen molar-refractivity contribution in [1.29, 1.82) is 0 Å². The van der Waals surface area contributed by atoms with Gasteiger partial charge in [-0.05, 0) is 31.4 Å². The lowest BCUT2D eigenvalue weighted by atomic mass is 10.0. The van der Waals surface area contributed by atoms with Crippen LogP contribution in [-0.4, -0.2) is 27.5 Å². The van der Waals surface area contributed by atoms with Crippen molar-refractivity contribution in [2.45, 2.75) is 38.5 Å². The predicted octanol–water partition coefficient (Wildman–Crippen LogP) is 3.16. The van der Waals surface area contributed by atoms with Crippen LogP contribution >= 0.6 is 0 Å². The number of rotatable bonds is 9. The fourth-order valence-electron chi connectivity index (χ4n) is 2.02. The van der Waals surface area contributed by atoms with Crippen LogP contribution in [0.1, 0.15) is 37.7 Å². The van der Waals surface area contributed by atoms with Crippen LogP contribution < -0.4 is 0 Å². The van der Waals surface area contributed by atoms with Gasteiger partial charge < -0.3 is 5.11 Å². The molecule has 1 aromatic carbocycles. The van der Waals surface area contributed by atoms with Gasteiger partial charge in [-0.25, -0.2) is 0 Å². The van der Waals surface area contributed by atoms with E-state index in [2.05, 4.69) is 16.6 Å². The number of carbonyl (C=O) groups is 1. The number of hydrogen-bond acceptors (Lipinski definition) is 4. The average molecular weight is 292 g/mol. The van der Waals surface area contributed by atoms with E-state index in [0.29, 0.717) is 24.1 Å². The number of carboxylic acid groups (broad SMARTS) is 1. The topological polar surface area (TPSA) is 107 Å². The predicted molar refractivity (Wildman–Crippen MR) is 77.0 cm³/mol. The Hall–Kier alpha value is -2.53. The number of nitrogens with zero attached hydrogens (tertiary/aromatic N) is 3. The van der Waals surface area contributed by atoms with E-state index in [9.17, 15) is 14.9 Å². The van der Waals surface area contributed by atoms with Crippen molar-refractivity contribution in [3.8, 4) is 0 Å². The molecule has 0 atom stereocenters. The molecule has 0 bridgehead atoms. The van der Waals surface area contributed by atoms with E-state index in [1.54, 1.807) is 12.1 Å². The third-order valence-corrected chi connectivity index (χ3v) is 3.04. The molecule has 0 fully saturated rings. The molecule has 0 aliphatic heterocycles. The van der Waals surface area contributed by atoms with Crippen LogP contribution in [0.5, 0.6) is 0 Å². The Balaban J connectivity index is 2.56. The third-order valence-electron chi connectivity index (χ3n) is 3.04. The lowest BCUT2D eigenvalue weighted by Gasteiger charge is -2.03. The van der Waals surface area contributed by atoms with Crippen molar-refractivity contribution < 1.29 is 19.6 Å². The molecular formula is C14H18N3O4+. The smallest absolute Gasteiger partial charge is 0.303 e. The summed E-state index contributed by atoms with van der Waals surface area (Å²) in [7, 11) is 0. The minimum atomic E-state index is -0.791. The Labute approximate surface area is 122 Å². The molecule has 7 nitrogen and oxygen atoms in total. The summed E-state index contributed by atoms with van der Waals surface area (Å²) in [6.45, 7) is 3.22. The molecule has 0 unspecified atom stereocenters. The zero-order valence-electron chi connectivity index (χ0n) is 11.7. The average Bonchev–Trinajstić information content (AvgIpc) is 2.43. The van der Waals surface area contributed by atoms with Crippen LogP contribution in [0.2, 0.25) is 0 Å². The highest BCUT2D eigenvalue weighted by Gasteiger charge is 2.15. The number of aliphatic carboxylic acids is 1. The number of nitro groups is 1. The van der Waals surface area contributed by atoms with Gasteiger partial charge in [0, 0.05) is 22.8 Å². The number of unbranched alkanes of at least 4 members (excludes halogenated alkanes) is 3. The SMILES string of the molecule is C=[N+]=Nc1ccc(CCCCCCC(=O)O)c([N+](=O)[O-])c1. The van der Waals surface area contributed by atoms with Crippen molar-refractivity contribution in [2.24, 2.45) is 5.11 Å². The quantitative estimate of drug-likeness (QED) is 0.188. The molecule has 0 aliphatic carbocycles. The summed E-state index contributed by atoms with van der Waals surface area (Å²) in [5.74, 6) is -0.791. The second-order valence-corrected chi connectivity index (χ2v) is 4.62. The van der Waals surface area contributed by atoms with Crippen LogP contribution in [0.4, 0.5) is 11.4 Å². The molecule has 0 amide bonds. The van der Waals surface area contributed by atoms with Gasteiger partial charge in [-0.3, -0.25) is 14.9 Å². The van der Waals surface area contributed by atoms with Gasteiger partial charge in [-0.15, -0.1) is 0 Å². The van der Waals surface area contributed by atoms with E-state index in [-0.39, 0.29) is 12.1 Å². The molecule has 1 aromatic rings. The summed E-state index contributed by atoms with van der Waals surface area (Å²) in [4.78, 5) is 24.3. The van der Waals surface area contributed by atoms with Gasteiger partial charge in [0.15, 0.2) is 5.69 Å². The summed E-state index contributed by atoms with van der Waals surface area (Å²) in [5, 5.41) is 23.2. The van der Waals surface area contributed by atoms with Gasteiger partial charge in [-0.2, -0.15) is 0 Å². The van der Waals surface area contributed by atoms with Crippen LogP contribution in [0.25, 0.3) is 0 Å². The molecule has 7 heteroatoms. The molecular weight excluding hydrogens is 274 g/mol. The van der Waals surface area contributed by atoms with E-state index in [1.165, 1.54) is 6.07 Å². The molecule has 0 saturated carbocycles. The monoisotopic (exact) mass is 292 g/mol. The van der Waals surface area contributed by atoms with Gasteiger partial charge in [0.25, 0.3) is 12.4 Å². The summed E-state index contributed by atoms with van der Waals surface area (Å²) in [5.41, 5.74) is 1.09. The van der Waals surface area contributed by atoms with E-state index in [1.807, 2.05) is 0 Å². The molecule has 0 radical (unpaired) electrons. The van der Waals surface area contributed by atoms with Crippen molar-refractivity contribution in [1.82, 2.24) is 0 Å². The van der Waals surface area contributed by atoms with Crippen molar-refractivity contribution in [3.63, 3.8) is 0 Å². The fourth-order valence-corrected chi connectivity index (χ4v) is 2.02. The van der Waals surface area contributed by atoms with Crippen molar-refractivity contribution in [3.05, 3.63) is 33.9 Å². The van der Waals surface area contributed by atoms with Gasteiger partial charge in [0.1, 0.15) is 5.11 Å². The van der Waals surface area contributed by atoms with Crippen LogP contribution in [0.15, 0.2) is 23.3 Å². The second-order valence-electron chi connectivity index (χ2n) is 4.62. The molecule has 1 N–H and O–H groups in total. The fraction of sp³-hybridized carbons (Fsp3) is 0.429. The molecule has 0 aliphatic rings. The number of aryl methyl sites for hydroxylation is 1. The Morgan fingerprint density at radius 1 is 1.33 bits per heavy atom. The zero-order chi connectivity index (χ0) is 15.7. The maximum Gasteiger partial charge on any atom is 0.303 e. The Morgan fingerprint density at radius 2 is 2.05 bits per heavy atom. The number of nitro benzene ring substituents is 1. The molecule has 0 spiro atoms. The van der Waals surface area contributed by atoms with Crippen LogP contribution in [0, 0.1) is 10.1 Å². The van der Waals surface area contributed by atoms with Gasteiger partial charge >= 0.3 is 5.97 Å². The maximum absolute atomic E-state index is 11.0. The van der Waals surface area contributed by atoms with Gasteiger partial charge in [0.2, 0.25) is 0 Å². The standard InChI is InChI=1S/C14H17N3O4/c1-15-16-12-9-8-11(13(10-12)17(20)21)6-4-2-3-5-7-14(18)19/h8-10H,1-7H2/p+1. The highest BCUT2D eigenvalue weighted by atomic mass is 16.6. The van der Waals surface area contributed by atoms with Crippen molar-refractivity contribution >= 4 is 24.1 Å². The number of hydrogen-bond donors (Lipinski definition) is 1. The second kappa shape index (κ2) is 8.60. The minimum absolute atomic E-state index is 0.0328. The summed E-state index contributed by atoms with van der Waals surface area (Å²) < 4.78 is 0. The highest BCUT2D eigenvalue weighted by molar-refractivity contribution is 5.66. The van der Waals surface area contributed by atoms with Crippen LogP contribution in [0.3, 0.4) is 0 Å². The molecule has 21 heavy (non-hydrogen) atoms. The minimum Gasteiger partial charge on any atom is -0.481 e. The molecule has 112 valence electrons. The lowest BCUT2D eigenvalue weighted by molar-refractivity contribution is -0.385. The van der Waals surface area contributed by atoms with Gasteiger partial charge in [0.05, 0.1) is 4.92 Å². The van der Waals surface area contributed by atoms with Crippen molar-refractivity contribution in [2.75, 3.05) is 0 Å². The van der Waals surface area contributed by atoms with E-state index >= 15 is 0 Å². The third kappa shape index (κ3) is 5.97. The number of carboxylic acids is 1. The number of benzene rings is 1. The molecule has 0 saturated heterocycles.